The van der Waals surface area contributed by atoms with Crippen LogP contribution in [-0.4, -0.2) is 20.9 Å². The Hall–Kier alpha value is -3.99. The smallest absolute Gasteiger partial charge is 0.224 e. The third kappa shape index (κ3) is 4.10. The number of aromatic nitrogens is 3. The van der Waals surface area contributed by atoms with Crippen molar-refractivity contribution in [1.82, 2.24) is 15.0 Å². The Morgan fingerprint density at radius 2 is 1.94 bits per heavy atom. The molecule has 3 aromatic heterocycles. The summed E-state index contributed by atoms with van der Waals surface area (Å²) < 4.78 is 0. The van der Waals surface area contributed by atoms with Crippen molar-refractivity contribution in [3.05, 3.63) is 90.3 Å². The van der Waals surface area contributed by atoms with E-state index in [2.05, 4.69) is 58.6 Å². The first-order valence-corrected chi connectivity index (χ1v) is 10.8. The summed E-state index contributed by atoms with van der Waals surface area (Å²) >= 11 is 0. The highest BCUT2D eigenvalue weighted by atomic mass is 16.1. The molecule has 0 bridgehead atoms. The van der Waals surface area contributed by atoms with E-state index in [0.29, 0.717) is 6.42 Å². The van der Waals surface area contributed by atoms with Crippen LogP contribution in [0.15, 0.2) is 79.1 Å². The number of H-pyrrole nitrogens is 1. The zero-order valence-electron chi connectivity index (χ0n) is 17.9. The van der Waals surface area contributed by atoms with Gasteiger partial charge in [0.1, 0.15) is 0 Å². The lowest BCUT2D eigenvalue weighted by Gasteiger charge is -2.07. The first-order chi connectivity index (χ1) is 15.7. The van der Waals surface area contributed by atoms with Crippen LogP contribution in [0.5, 0.6) is 0 Å². The molecule has 0 aliphatic carbocycles. The summed E-state index contributed by atoms with van der Waals surface area (Å²) in [4.78, 5) is 24.9. The number of carbonyl (C=O) groups is 1. The van der Waals surface area contributed by atoms with Crippen molar-refractivity contribution in [3.63, 3.8) is 0 Å². The largest absolute Gasteiger partial charge is 0.353 e. The second-order valence-corrected chi connectivity index (χ2v) is 8.06. The van der Waals surface area contributed by atoms with Gasteiger partial charge in [-0.25, -0.2) is 4.98 Å². The fraction of sp³-hybridized carbons (Fsp3) is 0.148. The Balaban J connectivity index is 1.43. The van der Waals surface area contributed by atoms with Crippen LogP contribution in [0.1, 0.15) is 24.0 Å². The molecule has 0 unspecified atom stereocenters. The van der Waals surface area contributed by atoms with Gasteiger partial charge in [-0.3, -0.25) is 9.78 Å². The van der Waals surface area contributed by atoms with E-state index in [-0.39, 0.29) is 5.91 Å². The number of rotatable bonds is 6. The van der Waals surface area contributed by atoms with Crippen LogP contribution in [0.3, 0.4) is 0 Å². The molecule has 0 saturated heterocycles. The van der Waals surface area contributed by atoms with Gasteiger partial charge in [0.25, 0.3) is 0 Å². The number of nitrogens with one attached hydrogen (secondary N) is 2. The number of anilines is 1. The van der Waals surface area contributed by atoms with Crippen molar-refractivity contribution in [3.8, 4) is 11.4 Å². The summed E-state index contributed by atoms with van der Waals surface area (Å²) in [6, 6.07) is 22.4. The molecule has 5 heteroatoms. The molecule has 0 aliphatic heterocycles. The predicted octanol–water partition coefficient (Wildman–Crippen LogP) is 6.05. The zero-order valence-corrected chi connectivity index (χ0v) is 17.9. The fourth-order valence-electron chi connectivity index (χ4n) is 4.13. The molecule has 0 fully saturated rings. The molecule has 3 heterocycles. The normalized spacial score (nSPS) is 11.2. The van der Waals surface area contributed by atoms with Crippen LogP contribution in [0.25, 0.3) is 33.2 Å². The number of aromatic amines is 1. The van der Waals surface area contributed by atoms with E-state index < -0.39 is 0 Å². The monoisotopic (exact) mass is 420 g/mol. The molecule has 158 valence electrons. The van der Waals surface area contributed by atoms with E-state index in [4.69, 9.17) is 4.98 Å². The Kier molecular flexibility index (Phi) is 5.38. The number of amides is 1. The molecule has 0 atom stereocenters. The highest BCUT2D eigenvalue weighted by Crippen LogP contribution is 2.32. The second kappa shape index (κ2) is 8.63. The number of aryl methyl sites for hydroxylation is 2. The number of hydrogen-bond donors (Lipinski definition) is 2. The van der Waals surface area contributed by atoms with Gasteiger partial charge in [0.2, 0.25) is 5.91 Å². The summed E-state index contributed by atoms with van der Waals surface area (Å²) in [5, 5.41) is 5.23. The summed E-state index contributed by atoms with van der Waals surface area (Å²) in [7, 11) is 0. The van der Waals surface area contributed by atoms with Gasteiger partial charge < -0.3 is 10.3 Å². The van der Waals surface area contributed by atoms with E-state index in [1.165, 1.54) is 16.5 Å². The second-order valence-electron chi connectivity index (χ2n) is 8.06. The van der Waals surface area contributed by atoms with Crippen LogP contribution in [0, 0.1) is 6.92 Å². The number of fused-ring (bicyclic) bond motifs is 2. The highest BCUT2D eigenvalue weighted by molar-refractivity contribution is 5.93. The minimum atomic E-state index is -0.000554. The molecular formula is C27H24N4O. The molecule has 32 heavy (non-hydrogen) atoms. The number of nitrogens with zero attached hydrogens (tertiary/aromatic N) is 2. The van der Waals surface area contributed by atoms with Gasteiger partial charge in [-0.15, -0.1) is 0 Å². The van der Waals surface area contributed by atoms with Crippen LogP contribution < -0.4 is 5.32 Å². The van der Waals surface area contributed by atoms with Crippen molar-refractivity contribution in [2.75, 3.05) is 5.32 Å². The minimum absolute atomic E-state index is 0.000554. The summed E-state index contributed by atoms with van der Waals surface area (Å²) in [6.45, 7) is 2.10. The Labute approximate surface area is 186 Å². The van der Waals surface area contributed by atoms with Crippen molar-refractivity contribution in [2.24, 2.45) is 0 Å². The fourth-order valence-corrected chi connectivity index (χ4v) is 4.13. The van der Waals surface area contributed by atoms with E-state index >= 15 is 0 Å². The molecular weight excluding hydrogens is 396 g/mol. The topological polar surface area (TPSA) is 70.7 Å². The zero-order chi connectivity index (χ0) is 21.9. The lowest BCUT2D eigenvalue weighted by Crippen LogP contribution is -2.11. The van der Waals surface area contributed by atoms with Crippen LogP contribution in [-0.2, 0) is 11.2 Å². The van der Waals surface area contributed by atoms with E-state index in [9.17, 15) is 4.79 Å². The Bertz CT molecular complexity index is 1410. The van der Waals surface area contributed by atoms with Gasteiger partial charge in [-0.2, -0.15) is 0 Å². The van der Waals surface area contributed by atoms with Gasteiger partial charge in [0, 0.05) is 28.9 Å². The molecule has 2 aromatic carbocycles. The third-order valence-corrected chi connectivity index (χ3v) is 5.69. The van der Waals surface area contributed by atoms with Crippen molar-refractivity contribution in [2.45, 2.75) is 26.2 Å². The van der Waals surface area contributed by atoms with Crippen LogP contribution in [0.2, 0.25) is 0 Å². The number of hydrogen-bond acceptors (Lipinski definition) is 3. The van der Waals surface area contributed by atoms with Gasteiger partial charge in [-0.05, 0) is 61.7 Å². The summed E-state index contributed by atoms with van der Waals surface area (Å²) in [5.74, 6) is -0.000554. The van der Waals surface area contributed by atoms with Gasteiger partial charge in [-0.1, -0.05) is 35.9 Å². The quantitative estimate of drug-likeness (QED) is 0.351. The van der Waals surface area contributed by atoms with E-state index in [1.807, 2.05) is 30.3 Å². The molecule has 1 amide bonds. The summed E-state index contributed by atoms with van der Waals surface area (Å²) in [5.41, 5.74) is 7.17. The lowest BCUT2D eigenvalue weighted by atomic mass is 10.0. The standard InChI is InChI=1S/C27H24N4O/c1-18-11-13-24-22(16-18)21(8-4-10-26(32)29-20-7-5-15-28-17-20)27(31-24)25-14-12-19-6-2-3-9-23(19)30-25/h2-3,5-7,9,11-17,31H,4,8,10H2,1H3,(H,29,32). The minimum Gasteiger partial charge on any atom is -0.353 e. The van der Waals surface area contributed by atoms with E-state index in [0.717, 1.165) is 46.3 Å². The molecule has 5 aromatic rings. The molecule has 0 spiro atoms. The van der Waals surface area contributed by atoms with Crippen molar-refractivity contribution >= 4 is 33.4 Å². The lowest BCUT2D eigenvalue weighted by molar-refractivity contribution is -0.116. The molecule has 2 N–H and O–H groups in total. The maximum absolute atomic E-state index is 12.4. The van der Waals surface area contributed by atoms with Gasteiger partial charge in [0.05, 0.1) is 28.8 Å². The summed E-state index contributed by atoms with van der Waals surface area (Å²) in [6.07, 6.45) is 5.32. The Morgan fingerprint density at radius 3 is 2.81 bits per heavy atom. The predicted molar refractivity (Wildman–Crippen MR) is 130 cm³/mol. The highest BCUT2D eigenvalue weighted by Gasteiger charge is 2.15. The molecule has 5 rings (SSSR count). The molecule has 0 radical (unpaired) electrons. The van der Waals surface area contributed by atoms with Gasteiger partial charge >= 0.3 is 0 Å². The Morgan fingerprint density at radius 1 is 1.03 bits per heavy atom. The van der Waals surface area contributed by atoms with Gasteiger partial charge in [0.15, 0.2) is 0 Å². The first kappa shape index (κ1) is 19.9. The number of benzene rings is 2. The number of pyridine rings is 2. The number of para-hydroxylation sites is 1. The van der Waals surface area contributed by atoms with E-state index in [1.54, 1.807) is 12.4 Å². The molecule has 0 aliphatic rings. The average Bonchev–Trinajstić information content (AvgIpc) is 3.17. The maximum atomic E-state index is 12.4. The first-order valence-electron chi connectivity index (χ1n) is 10.8. The van der Waals surface area contributed by atoms with Crippen LogP contribution >= 0.6 is 0 Å². The number of carbonyl (C=O) groups excluding carboxylic acids is 1. The third-order valence-electron chi connectivity index (χ3n) is 5.69. The molecule has 5 nitrogen and oxygen atoms in total. The average molecular weight is 421 g/mol. The van der Waals surface area contributed by atoms with Crippen LogP contribution in [0.4, 0.5) is 5.69 Å². The van der Waals surface area contributed by atoms with Crippen molar-refractivity contribution in [1.29, 1.82) is 0 Å². The van der Waals surface area contributed by atoms with Crippen molar-refractivity contribution < 1.29 is 4.79 Å². The maximum Gasteiger partial charge on any atom is 0.224 e. The SMILES string of the molecule is Cc1ccc2[nH]c(-c3ccc4ccccc4n3)c(CCCC(=O)Nc3cccnc3)c2c1. The molecule has 0 saturated carbocycles.